The Balaban J connectivity index is 3.29. The summed E-state index contributed by atoms with van der Waals surface area (Å²) in [5.74, 6) is -1.30. The van der Waals surface area contributed by atoms with E-state index in [9.17, 15) is 13.2 Å². The maximum Gasteiger partial charge on any atom is 0.337 e. The zero-order chi connectivity index (χ0) is 15.5. The van der Waals surface area contributed by atoms with Crippen molar-refractivity contribution in [2.24, 2.45) is 0 Å². The summed E-state index contributed by atoms with van der Waals surface area (Å²) < 4.78 is 25.2. The van der Waals surface area contributed by atoms with Crippen LogP contribution in [0.25, 0.3) is 0 Å². The summed E-state index contributed by atoms with van der Waals surface area (Å²) in [7, 11) is -2.23. The maximum atomic E-state index is 12.1. The van der Waals surface area contributed by atoms with Crippen LogP contribution < -0.4 is 4.31 Å². The molecule has 0 amide bonds. The highest BCUT2D eigenvalue weighted by Gasteiger charge is 2.23. The normalized spacial score (nSPS) is 11.4. The molecule has 0 aliphatic rings. The first-order valence-electron chi connectivity index (χ1n) is 5.89. The van der Waals surface area contributed by atoms with E-state index in [1.807, 2.05) is 6.92 Å². The minimum absolute atomic E-state index is 0.0365. The van der Waals surface area contributed by atoms with Gasteiger partial charge in [0.1, 0.15) is 0 Å². The minimum atomic E-state index is -3.56. The predicted molar refractivity (Wildman–Crippen MR) is 80.5 cm³/mol. The number of carboxylic acids is 1. The molecule has 0 saturated heterocycles. The lowest BCUT2D eigenvalue weighted by Gasteiger charge is -2.21. The number of aromatic carboxylic acids is 1. The number of anilines is 1. The first-order chi connectivity index (χ1) is 9.20. The lowest BCUT2D eigenvalue weighted by molar-refractivity contribution is 0.0697. The third-order valence-corrected chi connectivity index (χ3v) is 5.21. The molecular weight excluding hydrogens is 325 g/mol. The fourth-order valence-corrected chi connectivity index (χ4v) is 3.52. The highest BCUT2D eigenvalue weighted by Crippen LogP contribution is 2.33. The molecule has 0 aliphatic carbocycles. The summed E-state index contributed by atoms with van der Waals surface area (Å²) in [6.45, 7) is 1.88. The van der Waals surface area contributed by atoms with Gasteiger partial charge < -0.3 is 5.11 Å². The smallest absolute Gasteiger partial charge is 0.337 e. The second kappa shape index (κ2) is 6.65. The summed E-state index contributed by atoms with van der Waals surface area (Å²) >= 11 is 11.8. The van der Waals surface area contributed by atoms with E-state index in [1.165, 1.54) is 19.2 Å². The van der Waals surface area contributed by atoms with Gasteiger partial charge in [0.2, 0.25) is 10.0 Å². The van der Waals surface area contributed by atoms with E-state index < -0.39 is 16.0 Å². The standard InChI is InChI=1S/C12H15Cl2NO4S/c1-3-4-5-20(18,19)15(2)10-7-8(13)6-9(11(10)14)12(16)17/h6-7H,3-5H2,1-2H3,(H,16,17). The molecule has 0 fully saturated rings. The highest BCUT2D eigenvalue weighted by molar-refractivity contribution is 7.92. The monoisotopic (exact) mass is 339 g/mol. The van der Waals surface area contributed by atoms with Crippen LogP contribution in [0, 0.1) is 0 Å². The van der Waals surface area contributed by atoms with Crippen LogP contribution in [0.15, 0.2) is 12.1 Å². The number of unbranched alkanes of at least 4 members (excludes halogenated alkanes) is 1. The molecule has 1 rings (SSSR count). The number of hydrogen-bond donors (Lipinski definition) is 1. The van der Waals surface area contributed by atoms with Gasteiger partial charge in [-0.15, -0.1) is 0 Å². The number of carbonyl (C=O) groups is 1. The van der Waals surface area contributed by atoms with Crippen LogP contribution in [0.2, 0.25) is 10.0 Å². The molecule has 5 nitrogen and oxygen atoms in total. The summed E-state index contributed by atoms with van der Waals surface area (Å²) in [6, 6.07) is 2.52. The molecule has 0 saturated carbocycles. The average molecular weight is 340 g/mol. The summed E-state index contributed by atoms with van der Waals surface area (Å²) in [5.41, 5.74) is -0.167. The van der Waals surface area contributed by atoms with Crippen molar-refractivity contribution in [2.45, 2.75) is 19.8 Å². The van der Waals surface area contributed by atoms with Crippen molar-refractivity contribution in [3.8, 4) is 0 Å². The third kappa shape index (κ3) is 3.77. The molecule has 1 aromatic rings. The van der Waals surface area contributed by atoms with Crippen LogP contribution in [0.3, 0.4) is 0 Å². The van der Waals surface area contributed by atoms with Crippen LogP contribution in [0.5, 0.6) is 0 Å². The number of rotatable bonds is 6. The van der Waals surface area contributed by atoms with Gasteiger partial charge in [-0.05, 0) is 18.6 Å². The second-order valence-electron chi connectivity index (χ2n) is 4.23. The fraction of sp³-hybridized carbons (Fsp3) is 0.417. The minimum Gasteiger partial charge on any atom is -0.478 e. The molecule has 1 aromatic carbocycles. The van der Waals surface area contributed by atoms with E-state index in [0.29, 0.717) is 6.42 Å². The lowest BCUT2D eigenvalue weighted by atomic mass is 10.2. The van der Waals surface area contributed by atoms with Gasteiger partial charge in [-0.3, -0.25) is 4.31 Å². The van der Waals surface area contributed by atoms with Crippen LogP contribution in [0.1, 0.15) is 30.1 Å². The maximum absolute atomic E-state index is 12.1. The number of benzene rings is 1. The van der Waals surface area contributed by atoms with E-state index in [0.717, 1.165) is 10.7 Å². The molecule has 0 aromatic heterocycles. The van der Waals surface area contributed by atoms with E-state index in [4.69, 9.17) is 28.3 Å². The molecule has 112 valence electrons. The topological polar surface area (TPSA) is 74.7 Å². The molecule has 0 unspecified atom stereocenters. The molecule has 1 N–H and O–H groups in total. The molecule has 0 heterocycles. The van der Waals surface area contributed by atoms with E-state index in [2.05, 4.69) is 0 Å². The van der Waals surface area contributed by atoms with E-state index in [-0.39, 0.29) is 27.0 Å². The highest BCUT2D eigenvalue weighted by atomic mass is 35.5. The predicted octanol–water partition coefficient (Wildman–Crippen LogP) is 3.26. The van der Waals surface area contributed by atoms with Crippen molar-refractivity contribution in [3.05, 3.63) is 27.7 Å². The Morgan fingerprint density at radius 1 is 1.35 bits per heavy atom. The Morgan fingerprint density at radius 3 is 2.45 bits per heavy atom. The molecule has 0 spiro atoms. The van der Waals surface area contributed by atoms with Gasteiger partial charge in [-0.1, -0.05) is 36.5 Å². The Morgan fingerprint density at radius 2 is 1.95 bits per heavy atom. The van der Waals surface area contributed by atoms with Crippen LogP contribution in [-0.2, 0) is 10.0 Å². The number of halogens is 2. The first-order valence-corrected chi connectivity index (χ1v) is 8.26. The summed E-state index contributed by atoms with van der Waals surface area (Å²) in [4.78, 5) is 11.1. The molecule has 0 atom stereocenters. The van der Waals surface area contributed by atoms with Crippen LogP contribution in [-0.4, -0.2) is 32.3 Å². The molecular formula is C12H15Cl2NO4S. The van der Waals surface area contributed by atoms with Crippen molar-refractivity contribution >= 4 is 44.9 Å². The van der Waals surface area contributed by atoms with Gasteiger partial charge in [-0.2, -0.15) is 0 Å². The van der Waals surface area contributed by atoms with Crippen molar-refractivity contribution in [2.75, 3.05) is 17.1 Å². The Bertz CT molecular complexity index is 616. The first kappa shape index (κ1) is 17.1. The summed E-state index contributed by atoms with van der Waals surface area (Å²) in [6.07, 6.45) is 1.24. The fourth-order valence-electron chi connectivity index (χ4n) is 1.57. The van der Waals surface area contributed by atoms with Crippen molar-refractivity contribution < 1.29 is 18.3 Å². The SMILES string of the molecule is CCCCS(=O)(=O)N(C)c1cc(Cl)cc(C(=O)O)c1Cl. The molecule has 8 heteroatoms. The van der Waals surface area contributed by atoms with Crippen molar-refractivity contribution in [1.29, 1.82) is 0 Å². The zero-order valence-corrected chi connectivity index (χ0v) is 13.4. The van der Waals surface area contributed by atoms with Gasteiger partial charge in [0, 0.05) is 12.1 Å². The molecule has 20 heavy (non-hydrogen) atoms. The summed E-state index contributed by atoms with van der Waals surface area (Å²) in [5, 5.41) is 8.99. The second-order valence-corrected chi connectivity index (χ2v) is 7.16. The third-order valence-electron chi connectivity index (χ3n) is 2.76. The Hall–Kier alpha value is -0.980. The average Bonchev–Trinajstić information content (AvgIpc) is 2.37. The van der Waals surface area contributed by atoms with E-state index in [1.54, 1.807) is 0 Å². The van der Waals surface area contributed by atoms with Gasteiger partial charge in [0.05, 0.1) is 22.0 Å². The number of sulfonamides is 1. The zero-order valence-electron chi connectivity index (χ0n) is 11.1. The van der Waals surface area contributed by atoms with E-state index >= 15 is 0 Å². The van der Waals surface area contributed by atoms with Crippen molar-refractivity contribution in [1.82, 2.24) is 0 Å². The Labute approximate surface area is 128 Å². The van der Waals surface area contributed by atoms with Gasteiger partial charge in [-0.25, -0.2) is 13.2 Å². The van der Waals surface area contributed by atoms with Gasteiger partial charge in [0.15, 0.2) is 0 Å². The van der Waals surface area contributed by atoms with Gasteiger partial charge in [0.25, 0.3) is 0 Å². The van der Waals surface area contributed by atoms with Crippen molar-refractivity contribution in [3.63, 3.8) is 0 Å². The Kier molecular flexibility index (Phi) is 5.68. The molecule has 0 radical (unpaired) electrons. The lowest BCUT2D eigenvalue weighted by Crippen LogP contribution is -2.29. The van der Waals surface area contributed by atoms with Gasteiger partial charge >= 0.3 is 5.97 Å². The number of carboxylic acid groups (broad SMARTS) is 1. The molecule has 0 bridgehead atoms. The number of hydrogen-bond acceptors (Lipinski definition) is 3. The molecule has 0 aliphatic heterocycles. The van der Waals surface area contributed by atoms with Crippen LogP contribution in [0.4, 0.5) is 5.69 Å². The number of nitrogens with zero attached hydrogens (tertiary/aromatic N) is 1. The largest absolute Gasteiger partial charge is 0.478 e. The van der Waals surface area contributed by atoms with Crippen LogP contribution >= 0.6 is 23.2 Å². The quantitative estimate of drug-likeness (QED) is 0.862.